The predicted octanol–water partition coefficient (Wildman–Crippen LogP) is 4.47. The van der Waals surface area contributed by atoms with E-state index in [1.807, 2.05) is 76.8 Å². The van der Waals surface area contributed by atoms with Gasteiger partial charge in [-0.3, -0.25) is 43.3 Å². The maximum Gasteiger partial charge on any atom is 0.333 e. The van der Waals surface area contributed by atoms with Crippen molar-refractivity contribution in [2.45, 2.75) is 186 Å². The smallest absolute Gasteiger partial charge is 0.333 e. The summed E-state index contributed by atoms with van der Waals surface area (Å²) in [5, 5.41) is 29.5. The van der Waals surface area contributed by atoms with E-state index in [0.29, 0.717) is 63.1 Å². The van der Waals surface area contributed by atoms with E-state index in [0.717, 1.165) is 30.5 Å². The molecule has 11 atom stereocenters. The first-order valence-electron chi connectivity index (χ1n) is 29.6. The highest BCUT2D eigenvalue weighted by molar-refractivity contribution is 5.96. The highest BCUT2D eigenvalue weighted by Crippen LogP contribution is 2.53. The molecule has 1 aromatic heterocycles. The minimum Gasteiger partial charge on any atom is -0.492 e. The van der Waals surface area contributed by atoms with Crippen LogP contribution in [0.3, 0.4) is 0 Å². The summed E-state index contributed by atoms with van der Waals surface area (Å²) in [6.45, 7) is 16.6. The van der Waals surface area contributed by atoms with Crippen molar-refractivity contribution < 1.29 is 72.5 Å². The van der Waals surface area contributed by atoms with E-state index in [1.54, 1.807) is 37.7 Å². The Morgan fingerprint density at radius 1 is 0.807 bits per heavy atom. The summed E-state index contributed by atoms with van der Waals surface area (Å²) in [5.74, 6) is -5.69. The Morgan fingerprint density at radius 2 is 1.48 bits per heavy atom. The zero-order chi connectivity index (χ0) is 61.3. The van der Waals surface area contributed by atoms with Gasteiger partial charge >= 0.3 is 11.9 Å². The number of aromatic nitrogens is 1. The largest absolute Gasteiger partial charge is 0.492 e. The molecule has 6 amide bonds. The van der Waals surface area contributed by atoms with Gasteiger partial charge in [-0.05, 0) is 88.8 Å². The summed E-state index contributed by atoms with van der Waals surface area (Å²) in [6.07, 6.45) is 2.21. The lowest BCUT2D eigenvalue weighted by atomic mass is 9.89. The number of hydrogen-bond donors (Lipinski definition) is 5. The topological polar surface area (TPSA) is 277 Å². The van der Waals surface area contributed by atoms with Gasteiger partial charge in [0.1, 0.15) is 17.7 Å². The molecule has 464 valence electrons. The van der Waals surface area contributed by atoms with Gasteiger partial charge in [0.2, 0.25) is 41.3 Å². The molecule has 0 spiro atoms. The van der Waals surface area contributed by atoms with Crippen LogP contribution in [-0.2, 0) is 57.4 Å². The van der Waals surface area contributed by atoms with E-state index in [9.17, 15) is 48.6 Å². The minimum absolute atomic E-state index is 0.0170. The first kappa shape index (κ1) is 67.5. The summed E-state index contributed by atoms with van der Waals surface area (Å²) in [6, 6.07) is 9.34. The molecular formula is C60H94N8O15. The lowest BCUT2D eigenvalue weighted by Crippen LogP contribution is -2.60. The minimum atomic E-state index is -1.18. The average Bonchev–Trinajstić information content (AvgIpc) is 1.76. The van der Waals surface area contributed by atoms with E-state index in [1.165, 1.54) is 19.3 Å². The van der Waals surface area contributed by atoms with Crippen LogP contribution in [0.15, 0.2) is 42.5 Å². The molecule has 23 nitrogen and oxygen atoms in total. The third kappa shape index (κ3) is 17.9. The number of hydrogen-bond acceptors (Lipinski definition) is 16. The average molecular weight is 1170 g/mol. The number of benzene rings is 1. The third-order valence-electron chi connectivity index (χ3n) is 16.6. The summed E-state index contributed by atoms with van der Waals surface area (Å²) in [4.78, 5) is 125. The molecule has 3 heterocycles. The highest BCUT2D eigenvalue weighted by Gasteiger charge is 2.64. The quantitative estimate of drug-likeness (QED) is 0.0633. The van der Waals surface area contributed by atoms with E-state index in [2.05, 4.69) is 16.0 Å². The lowest BCUT2D eigenvalue weighted by Gasteiger charge is -2.41. The molecule has 5 N–H and O–H groups in total. The number of carbonyl (C=O) groups is 8. The summed E-state index contributed by atoms with van der Waals surface area (Å²) < 4.78 is 18.3. The molecule has 11 unspecified atom stereocenters. The highest BCUT2D eigenvalue weighted by atomic mass is 16.7. The van der Waals surface area contributed by atoms with Crippen LogP contribution in [0.5, 0.6) is 11.8 Å². The number of aromatic hydroxyl groups is 2. The third-order valence-corrected chi connectivity index (χ3v) is 16.6. The maximum atomic E-state index is 14.8. The number of likely N-dealkylation sites (N-methyl/N-ethyl adjacent to an activating group) is 2. The zero-order valence-corrected chi connectivity index (χ0v) is 50.9. The number of amides is 6. The number of nitrogens with one attached hydrogen (secondary N) is 3. The molecule has 23 heteroatoms. The van der Waals surface area contributed by atoms with Gasteiger partial charge in [0.15, 0.2) is 0 Å². The van der Waals surface area contributed by atoms with Crippen LogP contribution in [-0.4, -0.2) is 191 Å². The van der Waals surface area contributed by atoms with Crippen molar-refractivity contribution in [1.82, 2.24) is 40.4 Å². The molecule has 2 aliphatic heterocycles. The lowest BCUT2D eigenvalue weighted by molar-refractivity contribution is -0.200. The number of carbonyl (C=O) groups excluding carboxylic acids is 8. The summed E-state index contributed by atoms with van der Waals surface area (Å²) in [5.41, 5.74) is -0.230. The molecule has 1 aliphatic carbocycles. The van der Waals surface area contributed by atoms with Crippen molar-refractivity contribution in [3.05, 3.63) is 48.0 Å². The van der Waals surface area contributed by atoms with E-state index in [4.69, 9.17) is 23.9 Å². The number of hydroxylamine groups is 2. The van der Waals surface area contributed by atoms with Gasteiger partial charge in [0.05, 0.1) is 55.8 Å². The summed E-state index contributed by atoms with van der Waals surface area (Å²) >= 11 is 0. The Kier molecular flexibility index (Phi) is 25.7. The normalized spacial score (nSPS) is 20.8. The van der Waals surface area contributed by atoms with Crippen LogP contribution in [0, 0.1) is 23.7 Å². The number of rotatable bonds is 32. The SMILES string of the molecule is CCC(C)C(C(CC(=O)N1CCCC1C(OC)C(C)C(=O)NC1(C(=O)N2CCCCO2)CC1c1ccccc1)OC)N(C)C(=O)C(NC(=O)C(C(C)C)N(C)CCCC(=O)OC(C)CNC(=O)CCCC(=O)On1c(O)ccc1O)C(C)C. The fraction of sp³-hybridized carbons (Fsp3) is 0.700. The van der Waals surface area contributed by atoms with Crippen LogP contribution < -0.4 is 20.8 Å². The molecule has 3 aliphatic rings. The Balaban J connectivity index is 1.14. The van der Waals surface area contributed by atoms with Crippen molar-refractivity contribution in [3.8, 4) is 11.8 Å². The van der Waals surface area contributed by atoms with Crippen molar-refractivity contribution in [3.63, 3.8) is 0 Å². The van der Waals surface area contributed by atoms with Crippen LogP contribution in [0.2, 0.25) is 0 Å². The Hall–Kier alpha value is -6.30. The molecule has 83 heavy (non-hydrogen) atoms. The number of nitrogens with zero attached hydrogens (tertiary/aromatic N) is 5. The number of methoxy groups -OCH3 is 2. The number of esters is 1. The fourth-order valence-corrected chi connectivity index (χ4v) is 11.7. The Bertz CT molecular complexity index is 2470. The molecule has 1 aromatic carbocycles. The van der Waals surface area contributed by atoms with Crippen molar-refractivity contribution in [2.75, 3.05) is 61.1 Å². The van der Waals surface area contributed by atoms with Crippen molar-refractivity contribution in [2.24, 2.45) is 23.7 Å². The predicted molar refractivity (Wildman–Crippen MR) is 307 cm³/mol. The summed E-state index contributed by atoms with van der Waals surface area (Å²) in [7, 11) is 6.53. The standard InChI is InChI=1S/C60H94N8O15/c1-13-39(6)54(45(79-11)34-49(72)66-31-20-24-44(66)55(80-12)41(8)56(75)63-60(59(78)67-32-17-18-33-81-67)35-43(60)42-22-15-14-16-23-42)65(10)58(77)52(37(2)3)62-57(76)53(38(4)5)64(9)30-21-27-50(73)82-40(7)36-61-46(69)25-19-26-51(74)83-68-47(70)28-29-48(68)71/h14-16,22-23,28-29,37-41,43-45,52-55,70-71H,13,17-21,24-27,30-36H2,1-12H3,(H,61,69)(H,62,76)(H,63,75). The maximum absolute atomic E-state index is 14.8. The molecule has 0 bridgehead atoms. The van der Waals surface area contributed by atoms with Gasteiger partial charge in [0, 0.05) is 71.7 Å². The van der Waals surface area contributed by atoms with E-state index >= 15 is 0 Å². The first-order chi connectivity index (χ1) is 39.4. The van der Waals surface area contributed by atoms with Crippen LogP contribution in [0.1, 0.15) is 144 Å². The second kappa shape index (κ2) is 31.6. The number of ether oxygens (including phenoxy) is 3. The van der Waals surface area contributed by atoms with Gasteiger partial charge in [-0.2, -0.15) is 0 Å². The molecule has 1 saturated carbocycles. The Labute approximate surface area is 489 Å². The van der Waals surface area contributed by atoms with Gasteiger partial charge < -0.3 is 55.0 Å². The second-order valence-corrected chi connectivity index (χ2v) is 23.4. The number of likely N-dealkylation sites (tertiary alicyclic amines) is 1. The van der Waals surface area contributed by atoms with Gasteiger partial charge in [-0.15, -0.1) is 4.73 Å². The molecule has 2 saturated heterocycles. The van der Waals surface area contributed by atoms with Crippen LogP contribution in [0.4, 0.5) is 0 Å². The molecule has 0 radical (unpaired) electrons. The van der Waals surface area contributed by atoms with Crippen molar-refractivity contribution >= 4 is 47.4 Å². The van der Waals surface area contributed by atoms with Gasteiger partial charge in [-0.25, -0.2) is 9.86 Å². The van der Waals surface area contributed by atoms with Gasteiger partial charge in [0.25, 0.3) is 5.91 Å². The Morgan fingerprint density at radius 3 is 2.08 bits per heavy atom. The fourth-order valence-electron chi connectivity index (χ4n) is 11.7. The molecule has 5 rings (SSSR count). The molecule has 3 fully saturated rings. The first-order valence-corrected chi connectivity index (χ1v) is 29.6. The molecule has 2 aromatic rings. The zero-order valence-electron chi connectivity index (χ0n) is 50.9. The van der Waals surface area contributed by atoms with Crippen LogP contribution >= 0.6 is 0 Å². The van der Waals surface area contributed by atoms with E-state index in [-0.39, 0.29) is 97.8 Å². The molecular weight excluding hydrogens is 1070 g/mol. The van der Waals surface area contributed by atoms with Crippen molar-refractivity contribution in [1.29, 1.82) is 0 Å². The van der Waals surface area contributed by atoms with E-state index < -0.39 is 77.6 Å². The van der Waals surface area contributed by atoms with Gasteiger partial charge in [-0.1, -0.05) is 85.2 Å². The monoisotopic (exact) mass is 1170 g/mol. The van der Waals surface area contributed by atoms with Crippen LogP contribution in [0.25, 0.3) is 0 Å². The second-order valence-electron chi connectivity index (χ2n) is 23.4.